The van der Waals surface area contributed by atoms with E-state index in [1.165, 1.54) is 0 Å². The molecule has 6 heteroatoms. The van der Waals surface area contributed by atoms with Gasteiger partial charge in [-0.25, -0.2) is 0 Å². The second kappa shape index (κ2) is 7.65. The predicted octanol–water partition coefficient (Wildman–Crippen LogP) is 0.886. The Morgan fingerprint density at radius 2 is 2.18 bits per heavy atom. The highest BCUT2D eigenvalue weighted by molar-refractivity contribution is 5.79. The largest absolute Gasteiger partial charge is 0.357 e. The molecule has 0 atom stereocenters. The van der Waals surface area contributed by atoms with Crippen LogP contribution in [0.25, 0.3) is 0 Å². The second-order valence-corrected chi connectivity index (χ2v) is 3.67. The molecule has 6 nitrogen and oxygen atoms in total. The van der Waals surface area contributed by atoms with Crippen LogP contribution in [0.3, 0.4) is 0 Å². The van der Waals surface area contributed by atoms with E-state index in [1.807, 2.05) is 13.8 Å². The van der Waals surface area contributed by atoms with E-state index < -0.39 is 0 Å². The van der Waals surface area contributed by atoms with Crippen molar-refractivity contribution in [3.8, 4) is 0 Å². The summed E-state index contributed by atoms with van der Waals surface area (Å²) in [6.45, 7) is 8.38. The lowest BCUT2D eigenvalue weighted by atomic mass is 10.4. The number of aromatic nitrogens is 2. The zero-order valence-electron chi connectivity index (χ0n) is 10.8. The Morgan fingerprint density at radius 3 is 2.76 bits per heavy atom. The fraction of sp³-hybridized carbons (Fsp3) is 0.727. The van der Waals surface area contributed by atoms with Crippen LogP contribution in [0.15, 0.2) is 9.52 Å². The minimum Gasteiger partial charge on any atom is -0.357 e. The second-order valence-electron chi connectivity index (χ2n) is 3.67. The van der Waals surface area contributed by atoms with Crippen LogP contribution in [-0.4, -0.2) is 35.7 Å². The Balaban J connectivity index is 2.31. The molecule has 2 N–H and O–H groups in total. The van der Waals surface area contributed by atoms with Gasteiger partial charge in [-0.1, -0.05) is 12.1 Å². The van der Waals surface area contributed by atoms with Crippen LogP contribution < -0.4 is 10.6 Å². The molecule has 0 spiro atoms. The summed E-state index contributed by atoms with van der Waals surface area (Å²) < 4.78 is 5.03. The Kier molecular flexibility index (Phi) is 6.06. The quantitative estimate of drug-likeness (QED) is 0.569. The normalized spacial score (nSPS) is 11.6. The molecule has 1 rings (SSSR count). The van der Waals surface area contributed by atoms with Gasteiger partial charge < -0.3 is 15.2 Å². The van der Waals surface area contributed by atoms with Crippen molar-refractivity contribution in [2.45, 2.75) is 33.6 Å². The van der Waals surface area contributed by atoms with Gasteiger partial charge in [0.15, 0.2) is 11.8 Å². The molecule has 0 aliphatic rings. The predicted molar refractivity (Wildman–Crippen MR) is 67.0 cm³/mol. The smallest absolute Gasteiger partial charge is 0.228 e. The highest BCUT2D eigenvalue weighted by Gasteiger charge is 2.02. The Bertz CT molecular complexity index is 347. The molecule has 0 saturated carbocycles. The molecule has 1 heterocycles. The third-order valence-corrected chi connectivity index (χ3v) is 2.04. The number of nitrogens with zero attached hydrogens (tertiary/aromatic N) is 3. The van der Waals surface area contributed by atoms with E-state index in [4.69, 9.17) is 4.52 Å². The molecule has 1 aromatic heterocycles. The van der Waals surface area contributed by atoms with Crippen molar-refractivity contribution in [1.82, 2.24) is 20.8 Å². The summed E-state index contributed by atoms with van der Waals surface area (Å²) in [6.07, 6.45) is 1.75. The molecule has 0 radical (unpaired) electrons. The van der Waals surface area contributed by atoms with Gasteiger partial charge in [-0.15, -0.1) is 0 Å². The van der Waals surface area contributed by atoms with E-state index in [0.29, 0.717) is 18.1 Å². The standard InChI is InChI=1S/C11H21N5O/c1-4-7-13-11(12-5-2)14-8-6-10-15-9(3)16-17-10/h4-8H2,1-3H3,(H2,12,13,14). The summed E-state index contributed by atoms with van der Waals surface area (Å²) in [7, 11) is 0. The molecule has 1 aromatic rings. The van der Waals surface area contributed by atoms with E-state index in [-0.39, 0.29) is 0 Å². The van der Waals surface area contributed by atoms with Crippen LogP contribution in [-0.2, 0) is 6.42 Å². The van der Waals surface area contributed by atoms with Gasteiger partial charge in [-0.2, -0.15) is 4.98 Å². The molecule has 0 aliphatic heterocycles. The number of hydrogen-bond donors (Lipinski definition) is 2. The first-order chi connectivity index (χ1) is 8.26. The summed E-state index contributed by atoms with van der Waals surface area (Å²) >= 11 is 0. The van der Waals surface area contributed by atoms with Crippen molar-refractivity contribution < 1.29 is 4.52 Å². The first kappa shape index (κ1) is 13.5. The Hall–Kier alpha value is -1.59. The molecule has 0 unspecified atom stereocenters. The topological polar surface area (TPSA) is 75.3 Å². The monoisotopic (exact) mass is 239 g/mol. The van der Waals surface area contributed by atoms with Crippen molar-refractivity contribution in [3.63, 3.8) is 0 Å². The van der Waals surface area contributed by atoms with Crippen LogP contribution in [0.5, 0.6) is 0 Å². The summed E-state index contributed by atoms with van der Waals surface area (Å²) in [5.41, 5.74) is 0. The van der Waals surface area contributed by atoms with Gasteiger partial charge in [0.05, 0.1) is 0 Å². The molecular formula is C11H21N5O. The highest BCUT2D eigenvalue weighted by atomic mass is 16.5. The van der Waals surface area contributed by atoms with Crippen molar-refractivity contribution >= 4 is 5.96 Å². The molecule has 0 saturated heterocycles. The average Bonchev–Trinajstić information content (AvgIpc) is 2.72. The maximum atomic E-state index is 5.03. The van der Waals surface area contributed by atoms with Gasteiger partial charge in [0.25, 0.3) is 0 Å². The zero-order valence-corrected chi connectivity index (χ0v) is 10.8. The Morgan fingerprint density at radius 1 is 1.35 bits per heavy atom. The van der Waals surface area contributed by atoms with E-state index in [0.717, 1.165) is 32.0 Å². The lowest BCUT2D eigenvalue weighted by Gasteiger charge is -2.09. The van der Waals surface area contributed by atoms with Crippen LogP contribution >= 0.6 is 0 Å². The van der Waals surface area contributed by atoms with Crippen molar-refractivity contribution in [1.29, 1.82) is 0 Å². The van der Waals surface area contributed by atoms with Gasteiger partial charge in [0, 0.05) is 26.1 Å². The van der Waals surface area contributed by atoms with Crippen LogP contribution in [0.4, 0.5) is 0 Å². The van der Waals surface area contributed by atoms with Crippen molar-refractivity contribution in [3.05, 3.63) is 11.7 Å². The lowest BCUT2D eigenvalue weighted by Crippen LogP contribution is -2.38. The summed E-state index contributed by atoms with van der Waals surface area (Å²) in [4.78, 5) is 8.53. The van der Waals surface area contributed by atoms with E-state index in [1.54, 1.807) is 0 Å². The molecule has 0 fully saturated rings. The number of aliphatic imine (C=N–C) groups is 1. The van der Waals surface area contributed by atoms with Gasteiger partial charge >= 0.3 is 0 Å². The molecule has 0 aliphatic carbocycles. The van der Waals surface area contributed by atoms with Crippen LogP contribution in [0.1, 0.15) is 32.0 Å². The van der Waals surface area contributed by atoms with E-state index in [2.05, 4.69) is 32.7 Å². The third kappa shape index (κ3) is 5.33. The fourth-order valence-electron chi connectivity index (χ4n) is 1.29. The SMILES string of the molecule is CCCN=C(NCC)NCCc1nc(C)no1. The number of rotatable bonds is 6. The number of guanidine groups is 1. The number of hydrogen-bond acceptors (Lipinski definition) is 4. The minimum absolute atomic E-state index is 0.654. The van der Waals surface area contributed by atoms with Crippen molar-refractivity contribution in [2.75, 3.05) is 19.6 Å². The fourth-order valence-corrected chi connectivity index (χ4v) is 1.29. The maximum absolute atomic E-state index is 5.03. The van der Waals surface area contributed by atoms with Gasteiger partial charge in [-0.05, 0) is 20.3 Å². The van der Waals surface area contributed by atoms with Gasteiger partial charge in [-0.3, -0.25) is 4.99 Å². The van der Waals surface area contributed by atoms with E-state index in [9.17, 15) is 0 Å². The summed E-state index contributed by atoms with van der Waals surface area (Å²) in [6, 6.07) is 0. The van der Waals surface area contributed by atoms with Gasteiger partial charge in [0.1, 0.15) is 0 Å². The summed E-state index contributed by atoms with van der Waals surface area (Å²) in [5.74, 6) is 2.17. The molecular weight excluding hydrogens is 218 g/mol. The number of nitrogens with one attached hydrogen (secondary N) is 2. The lowest BCUT2D eigenvalue weighted by molar-refractivity contribution is 0.374. The highest BCUT2D eigenvalue weighted by Crippen LogP contribution is 1.95. The molecule has 17 heavy (non-hydrogen) atoms. The molecule has 0 aromatic carbocycles. The molecule has 0 amide bonds. The maximum Gasteiger partial charge on any atom is 0.228 e. The van der Waals surface area contributed by atoms with E-state index >= 15 is 0 Å². The first-order valence-corrected chi connectivity index (χ1v) is 6.07. The third-order valence-electron chi connectivity index (χ3n) is 2.04. The van der Waals surface area contributed by atoms with Crippen molar-refractivity contribution in [2.24, 2.45) is 4.99 Å². The molecule has 96 valence electrons. The molecule has 0 bridgehead atoms. The average molecular weight is 239 g/mol. The summed E-state index contributed by atoms with van der Waals surface area (Å²) in [5, 5.41) is 10.1. The Labute approximate surface area is 102 Å². The first-order valence-electron chi connectivity index (χ1n) is 6.07. The van der Waals surface area contributed by atoms with Crippen LogP contribution in [0.2, 0.25) is 0 Å². The van der Waals surface area contributed by atoms with Gasteiger partial charge in [0.2, 0.25) is 5.89 Å². The number of aryl methyl sites for hydroxylation is 1. The van der Waals surface area contributed by atoms with Crippen LogP contribution in [0, 0.1) is 6.92 Å². The zero-order chi connectivity index (χ0) is 12.5. The minimum atomic E-state index is 0.654.